The van der Waals surface area contributed by atoms with E-state index in [0.29, 0.717) is 17.6 Å². The maximum atomic E-state index is 13.1. The largest absolute Gasteiger partial charge is 0.417 e. The number of nitrogens with zero attached hydrogens (tertiary/aromatic N) is 3. The summed E-state index contributed by atoms with van der Waals surface area (Å²) in [6.45, 7) is 8.38. The van der Waals surface area contributed by atoms with Crippen molar-refractivity contribution in [3.05, 3.63) is 47.9 Å². The number of pyridine rings is 1. The average Bonchev–Trinajstić information content (AvgIpc) is 3.12. The zero-order chi connectivity index (χ0) is 24.0. The highest BCUT2D eigenvalue weighted by Gasteiger charge is 2.32. The van der Waals surface area contributed by atoms with Gasteiger partial charge < -0.3 is 9.30 Å². The predicted octanol–water partition coefficient (Wildman–Crippen LogP) is 5.01. The van der Waals surface area contributed by atoms with Gasteiger partial charge in [0.15, 0.2) is 5.03 Å². The lowest BCUT2D eigenvalue weighted by Gasteiger charge is -2.26. The number of benzene rings is 1. The average molecular weight is 482 g/mol. The fourth-order valence-corrected chi connectivity index (χ4v) is 5.24. The number of hydrogen-bond acceptors (Lipinski definition) is 5. The predicted molar refractivity (Wildman–Crippen MR) is 117 cm³/mol. The molecule has 6 nitrogen and oxygen atoms in total. The standard InChI is InChI=1S/C23H26F3N3O3S/c1-22(2,3)21-28-18-12-17(5-6-19(18)29(21)14-15-8-10-32-11-9-15)33(30,31)20-7-4-16(13-27-20)23(24,25)26/h4-7,12-13,15H,8-11,14H2,1-3H3. The van der Waals surface area contributed by atoms with Crippen LogP contribution in [-0.4, -0.2) is 36.2 Å². The van der Waals surface area contributed by atoms with E-state index in [0.717, 1.165) is 56.1 Å². The Morgan fingerprint density at radius 2 is 1.79 bits per heavy atom. The van der Waals surface area contributed by atoms with Gasteiger partial charge in [0.05, 0.1) is 21.5 Å². The molecule has 0 amide bonds. The molecule has 1 aromatic carbocycles. The summed E-state index contributed by atoms with van der Waals surface area (Å²) >= 11 is 0. The third-order valence-electron chi connectivity index (χ3n) is 5.82. The maximum Gasteiger partial charge on any atom is 0.417 e. The van der Waals surface area contributed by atoms with Crippen LogP contribution in [0.1, 0.15) is 45.0 Å². The topological polar surface area (TPSA) is 74.1 Å². The van der Waals surface area contributed by atoms with Crippen molar-refractivity contribution in [2.24, 2.45) is 5.92 Å². The first-order chi connectivity index (χ1) is 15.4. The molecule has 0 radical (unpaired) electrons. The third kappa shape index (κ3) is 4.77. The van der Waals surface area contributed by atoms with Crippen LogP contribution in [0, 0.1) is 5.92 Å². The number of ether oxygens (including phenoxy) is 1. The van der Waals surface area contributed by atoms with Crippen molar-refractivity contribution in [3.63, 3.8) is 0 Å². The third-order valence-corrected chi connectivity index (χ3v) is 7.49. The van der Waals surface area contributed by atoms with Crippen LogP contribution in [0.5, 0.6) is 0 Å². The zero-order valence-corrected chi connectivity index (χ0v) is 19.5. The van der Waals surface area contributed by atoms with Crippen LogP contribution in [-0.2, 0) is 32.7 Å². The van der Waals surface area contributed by atoms with Gasteiger partial charge in [0.1, 0.15) is 5.82 Å². The van der Waals surface area contributed by atoms with Crippen LogP contribution in [0.25, 0.3) is 11.0 Å². The van der Waals surface area contributed by atoms with E-state index in [2.05, 4.69) is 30.3 Å². The fourth-order valence-electron chi connectivity index (χ4n) is 4.05. The van der Waals surface area contributed by atoms with E-state index in [9.17, 15) is 21.6 Å². The molecule has 3 heterocycles. The molecule has 33 heavy (non-hydrogen) atoms. The Balaban J connectivity index is 1.74. The summed E-state index contributed by atoms with van der Waals surface area (Å²) in [5, 5.41) is -0.437. The molecule has 1 aliphatic rings. The van der Waals surface area contributed by atoms with Crippen LogP contribution in [0.3, 0.4) is 0 Å². The number of aromatic nitrogens is 3. The van der Waals surface area contributed by atoms with Gasteiger partial charge in [-0.05, 0) is 49.1 Å². The summed E-state index contributed by atoms with van der Waals surface area (Å²) in [5.41, 5.74) is 0.0855. The first-order valence-corrected chi connectivity index (χ1v) is 12.2. The SMILES string of the molecule is CC(C)(C)c1nc2cc(S(=O)(=O)c3ccc(C(F)(F)F)cn3)ccc2n1CC1CCOCC1. The van der Waals surface area contributed by atoms with Crippen molar-refractivity contribution in [2.75, 3.05) is 13.2 Å². The van der Waals surface area contributed by atoms with E-state index in [1.165, 1.54) is 12.1 Å². The van der Waals surface area contributed by atoms with Crippen LogP contribution in [0.15, 0.2) is 46.5 Å². The first-order valence-electron chi connectivity index (χ1n) is 10.7. The molecule has 0 saturated carbocycles. The van der Waals surface area contributed by atoms with Crippen molar-refractivity contribution < 1.29 is 26.3 Å². The number of sulfone groups is 1. The molecule has 0 bridgehead atoms. The molecule has 10 heteroatoms. The molecule has 0 spiro atoms. The molecule has 1 fully saturated rings. The molecular formula is C23H26F3N3O3S. The molecule has 1 aliphatic heterocycles. The minimum Gasteiger partial charge on any atom is -0.381 e. The van der Waals surface area contributed by atoms with E-state index in [1.54, 1.807) is 6.07 Å². The zero-order valence-electron chi connectivity index (χ0n) is 18.7. The summed E-state index contributed by atoms with van der Waals surface area (Å²) in [6, 6.07) is 6.25. The second kappa shape index (κ2) is 8.39. The molecule has 178 valence electrons. The second-order valence-electron chi connectivity index (χ2n) is 9.39. The minimum atomic E-state index is -4.59. The normalized spacial score (nSPS) is 16.4. The number of hydrogen-bond donors (Lipinski definition) is 0. The van der Waals surface area contributed by atoms with Gasteiger partial charge in [-0.25, -0.2) is 18.4 Å². The van der Waals surface area contributed by atoms with Gasteiger partial charge in [-0.3, -0.25) is 0 Å². The molecular weight excluding hydrogens is 455 g/mol. The van der Waals surface area contributed by atoms with Gasteiger partial charge in [-0.1, -0.05) is 20.8 Å². The van der Waals surface area contributed by atoms with E-state index >= 15 is 0 Å². The molecule has 3 aromatic rings. The number of rotatable bonds is 4. The minimum absolute atomic E-state index is 0.0570. The number of alkyl halides is 3. The molecule has 0 aliphatic carbocycles. The Morgan fingerprint density at radius 1 is 1.09 bits per heavy atom. The Bertz CT molecular complexity index is 1250. The first kappa shape index (κ1) is 23.7. The van der Waals surface area contributed by atoms with Crippen molar-refractivity contribution >= 4 is 20.9 Å². The molecule has 0 unspecified atom stereocenters. The van der Waals surface area contributed by atoms with E-state index < -0.39 is 26.6 Å². The quantitative estimate of drug-likeness (QED) is 0.524. The molecule has 2 aromatic heterocycles. The number of imidazole rings is 1. The highest BCUT2D eigenvalue weighted by Crippen LogP contribution is 2.32. The number of fused-ring (bicyclic) bond motifs is 1. The Labute approximate surface area is 190 Å². The summed E-state index contributed by atoms with van der Waals surface area (Å²) in [7, 11) is -4.10. The van der Waals surface area contributed by atoms with E-state index in [1.807, 2.05) is 0 Å². The van der Waals surface area contributed by atoms with Gasteiger partial charge >= 0.3 is 6.18 Å². The highest BCUT2D eigenvalue weighted by atomic mass is 32.2. The summed E-state index contributed by atoms with van der Waals surface area (Å²) in [4.78, 5) is 8.27. The van der Waals surface area contributed by atoms with Crippen LogP contribution in [0.2, 0.25) is 0 Å². The lowest BCUT2D eigenvalue weighted by Crippen LogP contribution is -2.25. The number of halogens is 3. The summed E-state index contributed by atoms with van der Waals surface area (Å²) in [5.74, 6) is 1.29. The smallest absolute Gasteiger partial charge is 0.381 e. The van der Waals surface area contributed by atoms with Gasteiger partial charge in [0.2, 0.25) is 9.84 Å². The van der Waals surface area contributed by atoms with Crippen LogP contribution in [0.4, 0.5) is 13.2 Å². The molecule has 1 saturated heterocycles. The van der Waals surface area contributed by atoms with Crippen LogP contribution >= 0.6 is 0 Å². The van der Waals surface area contributed by atoms with Crippen molar-refractivity contribution in [1.82, 2.24) is 14.5 Å². The maximum absolute atomic E-state index is 13.1. The van der Waals surface area contributed by atoms with Crippen LogP contribution < -0.4 is 0 Å². The van der Waals surface area contributed by atoms with Gasteiger partial charge in [0.25, 0.3) is 0 Å². The molecule has 4 rings (SSSR count). The van der Waals surface area contributed by atoms with Gasteiger partial charge in [0, 0.05) is 31.4 Å². The Kier molecular flexibility index (Phi) is 6.03. The summed E-state index contributed by atoms with van der Waals surface area (Å²) in [6.07, 6.45) is -2.15. The monoisotopic (exact) mass is 481 g/mol. The lowest BCUT2D eigenvalue weighted by molar-refractivity contribution is -0.137. The highest BCUT2D eigenvalue weighted by molar-refractivity contribution is 7.91. The van der Waals surface area contributed by atoms with Crippen molar-refractivity contribution in [1.29, 1.82) is 0 Å². The Morgan fingerprint density at radius 3 is 2.36 bits per heavy atom. The van der Waals surface area contributed by atoms with E-state index in [4.69, 9.17) is 9.72 Å². The van der Waals surface area contributed by atoms with E-state index in [-0.39, 0.29) is 10.3 Å². The second-order valence-corrected chi connectivity index (χ2v) is 11.3. The van der Waals surface area contributed by atoms with Crippen molar-refractivity contribution in [3.8, 4) is 0 Å². The molecule has 0 N–H and O–H groups in total. The molecule has 0 atom stereocenters. The Hall–Kier alpha value is -2.46. The fraction of sp³-hybridized carbons (Fsp3) is 0.478. The van der Waals surface area contributed by atoms with Gasteiger partial charge in [-0.2, -0.15) is 13.2 Å². The summed E-state index contributed by atoms with van der Waals surface area (Å²) < 4.78 is 72.2. The van der Waals surface area contributed by atoms with Crippen molar-refractivity contribution in [2.45, 2.75) is 61.7 Å². The van der Waals surface area contributed by atoms with Gasteiger partial charge in [-0.15, -0.1) is 0 Å². The lowest BCUT2D eigenvalue weighted by atomic mass is 9.94.